The molecule has 130 valence electrons. The van der Waals surface area contributed by atoms with Crippen molar-refractivity contribution in [2.24, 2.45) is 0 Å². The molecule has 4 nitrogen and oxygen atoms in total. The van der Waals surface area contributed by atoms with Gasteiger partial charge in [-0.05, 0) is 41.0 Å². The van der Waals surface area contributed by atoms with E-state index >= 15 is 0 Å². The third-order valence-corrected chi connectivity index (χ3v) is 4.67. The molecule has 1 aliphatic rings. The predicted molar refractivity (Wildman–Crippen MR) is 97.7 cm³/mol. The van der Waals surface area contributed by atoms with Gasteiger partial charge in [-0.15, -0.1) is 0 Å². The van der Waals surface area contributed by atoms with Crippen LogP contribution in [-0.4, -0.2) is 36.8 Å². The maximum atomic E-state index is 12.7. The van der Waals surface area contributed by atoms with Gasteiger partial charge in [0.2, 0.25) is 0 Å². The number of benzene rings is 2. The molecule has 3 rings (SSSR count). The van der Waals surface area contributed by atoms with Gasteiger partial charge in [0.25, 0.3) is 5.91 Å². The Morgan fingerprint density at radius 1 is 1.12 bits per heavy atom. The van der Waals surface area contributed by atoms with E-state index in [1.807, 2.05) is 42.5 Å². The Labute approximate surface area is 152 Å². The number of ether oxygens (including phenoxy) is 1. The van der Waals surface area contributed by atoms with Gasteiger partial charge >= 0.3 is 0 Å². The lowest BCUT2D eigenvalue weighted by atomic mass is 9.97. The number of nitrogens with zero attached hydrogens (tertiary/aromatic N) is 1. The molecule has 0 N–H and O–H groups in total. The Morgan fingerprint density at radius 3 is 2.44 bits per heavy atom. The van der Waals surface area contributed by atoms with Crippen molar-refractivity contribution in [3.63, 3.8) is 0 Å². The van der Waals surface area contributed by atoms with Crippen LogP contribution in [-0.2, 0) is 16.1 Å². The summed E-state index contributed by atoms with van der Waals surface area (Å²) in [5.74, 6) is 0.190. The topological polar surface area (TPSA) is 46.6 Å². The number of hydrogen-bond acceptors (Lipinski definition) is 3. The molecule has 0 atom stereocenters. The van der Waals surface area contributed by atoms with E-state index in [1.54, 1.807) is 12.0 Å². The fourth-order valence-corrected chi connectivity index (χ4v) is 3.18. The third kappa shape index (κ3) is 4.09. The van der Waals surface area contributed by atoms with E-state index in [2.05, 4.69) is 0 Å². The monoisotopic (exact) mass is 357 g/mol. The van der Waals surface area contributed by atoms with E-state index in [0.717, 1.165) is 16.7 Å². The van der Waals surface area contributed by atoms with Crippen molar-refractivity contribution in [2.75, 3.05) is 20.2 Å². The molecule has 1 fully saturated rings. The lowest BCUT2D eigenvalue weighted by Crippen LogP contribution is -2.38. The Balaban J connectivity index is 1.89. The van der Waals surface area contributed by atoms with Gasteiger partial charge in [0, 0.05) is 43.6 Å². The number of carbonyl (C=O) groups excluding carboxylic acids is 2. The first kappa shape index (κ1) is 17.6. The molecule has 0 aliphatic carbocycles. The van der Waals surface area contributed by atoms with Crippen LogP contribution in [0, 0.1) is 0 Å². The molecule has 1 saturated heterocycles. The van der Waals surface area contributed by atoms with E-state index in [1.165, 1.54) is 0 Å². The first-order chi connectivity index (χ1) is 12.1. The Hall–Kier alpha value is -2.17. The van der Waals surface area contributed by atoms with E-state index in [4.69, 9.17) is 16.3 Å². The number of halogens is 1. The third-order valence-electron chi connectivity index (χ3n) is 4.42. The number of carbonyl (C=O) groups is 2. The van der Waals surface area contributed by atoms with Gasteiger partial charge in [-0.1, -0.05) is 29.8 Å². The SMILES string of the molecule is COCc1cc(C(=O)N2CCC(=O)CC2)ccc1-c1ccc(Cl)cc1. The minimum Gasteiger partial charge on any atom is -0.380 e. The van der Waals surface area contributed by atoms with E-state index in [-0.39, 0.29) is 11.7 Å². The normalized spacial score (nSPS) is 14.6. The summed E-state index contributed by atoms with van der Waals surface area (Å²) in [6.07, 6.45) is 0.888. The largest absolute Gasteiger partial charge is 0.380 e. The Kier molecular flexibility index (Phi) is 5.51. The highest BCUT2D eigenvalue weighted by Crippen LogP contribution is 2.27. The second kappa shape index (κ2) is 7.81. The van der Waals surface area contributed by atoms with Crippen LogP contribution < -0.4 is 0 Å². The van der Waals surface area contributed by atoms with Crippen molar-refractivity contribution in [1.82, 2.24) is 4.90 Å². The predicted octanol–water partition coefficient (Wildman–Crippen LogP) is 3.96. The van der Waals surface area contributed by atoms with Crippen molar-refractivity contribution < 1.29 is 14.3 Å². The summed E-state index contributed by atoms with van der Waals surface area (Å²) in [4.78, 5) is 25.8. The summed E-state index contributed by atoms with van der Waals surface area (Å²) in [6, 6.07) is 13.3. The summed E-state index contributed by atoms with van der Waals surface area (Å²) in [7, 11) is 1.64. The standard InChI is InChI=1S/C20H20ClNO3/c1-25-13-16-12-15(20(24)22-10-8-18(23)9-11-22)4-7-19(16)14-2-5-17(21)6-3-14/h2-7,12H,8-11,13H2,1H3. The molecule has 1 aliphatic heterocycles. The number of rotatable bonds is 4. The number of methoxy groups -OCH3 is 1. The highest BCUT2D eigenvalue weighted by atomic mass is 35.5. The van der Waals surface area contributed by atoms with Crippen molar-refractivity contribution in [3.05, 3.63) is 58.6 Å². The zero-order chi connectivity index (χ0) is 17.8. The number of ketones is 1. The molecule has 0 spiro atoms. The molecule has 25 heavy (non-hydrogen) atoms. The Bertz CT molecular complexity index is 776. The quantitative estimate of drug-likeness (QED) is 0.832. The maximum Gasteiger partial charge on any atom is 0.253 e. The van der Waals surface area contributed by atoms with Crippen LogP contribution in [0.4, 0.5) is 0 Å². The van der Waals surface area contributed by atoms with Crippen LogP contribution >= 0.6 is 11.6 Å². The van der Waals surface area contributed by atoms with Crippen LogP contribution in [0.15, 0.2) is 42.5 Å². The average molecular weight is 358 g/mol. The fraction of sp³-hybridized carbons (Fsp3) is 0.300. The number of likely N-dealkylation sites (tertiary alicyclic amines) is 1. The molecule has 2 aromatic rings. The lowest BCUT2D eigenvalue weighted by Gasteiger charge is -2.26. The summed E-state index contributed by atoms with van der Waals surface area (Å²) < 4.78 is 5.31. The van der Waals surface area contributed by atoms with E-state index in [0.29, 0.717) is 43.1 Å². The molecule has 0 unspecified atom stereocenters. The highest BCUT2D eigenvalue weighted by Gasteiger charge is 2.22. The number of amides is 1. The van der Waals surface area contributed by atoms with Crippen molar-refractivity contribution in [1.29, 1.82) is 0 Å². The zero-order valence-corrected chi connectivity index (χ0v) is 14.9. The van der Waals surface area contributed by atoms with Crippen LogP contribution in [0.25, 0.3) is 11.1 Å². The van der Waals surface area contributed by atoms with Gasteiger partial charge in [0.1, 0.15) is 5.78 Å². The van der Waals surface area contributed by atoms with Gasteiger partial charge in [0.15, 0.2) is 0 Å². The summed E-state index contributed by atoms with van der Waals surface area (Å²) in [6.45, 7) is 1.41. The summed E-state index contributed by atoms with van der Waals surface area (Å²) >= 11 is 5.96. The second-order valence-corrected chi connectivity index (χ2v) is 6.58. The van der Waals surface area contributed by atoms with Gasteiger partial charge in [-0.2, -0.15) is 0 Å². The Morgan fingerprint density at radius 2 is 1.80 bits per heavy atom. The number of Topliss-reactive ketones (excluding diaryl/α,β-unsaturated/α-hetero) is 1. The van der Waals surface area contributed by atoms with Gasteiger partial charge < -0.3 is 9.64 Å². The first-order valence-electron chi connectivity index (χ1n) is 8.27. The van der Waals surface area contributed by atoms with Crippen molar-refractivity contribution in [3.8, 4) is 11.1 Å². The van der Waals surface area contributed by atoms with Crippen LogP contribution in [0.2, 0.25) is 5.02 Å². The van der Waals surface area contributed by atoms with Crippen LogP contribution in [0.3, 0.4) is 0 Å². The zero-order valence-electron chi connectivity index (χ0n) is 14.1. The van der Waals surface area contributed by atoms with Crippen LogP contribution in [0.5, 0.6) is 0 Å². The number of hydrogen-bond donors (Lipinski definition) is 0. The molecular weight excluding hydrogens is 338 g/mol. The van der Waals surface area contributed by atoms with Gasteiger partial charge in [-0.25, -0.2) is 0 Å². The molecule has 5 heteroatoms. The molecule has 0 saturated carbocycles. The maximum absolute atomic E-state index is 12.7. The van der Waals surface area contributed by atoms with E-state index < -0.39 is 0 Å². The molecule has 1 heterocycles. The van der Waals surface area contributed by atoms with Crippen molar-refractivity contribution in [2.45, 2.75) is 19.4 Å². The minimum atomic E-state index is -0.0347. The van der Waals surface area contributed by atoms with E-state index in [9.17, 15) is 9.59 Å². The average Bonchev–Trinajstić information content (AvgIpc) is 2.63. The molecule has 0 aromatic heterocycles. The minimum absolute atomic E-state index is 0.0347. The summed E-state index contributed by atoms with van der Waals surface area (Å²) in [5, 5.41) is 0.684. The van der Waals surface area contributed by atoms with Crippen LogP contribution in [0.1, 0.15) is 28.8 Å². The highest BCUT2D eigenvalue weighted by molar-refractivity contribution is 6.30. The summed E-state index contributed by atoms with van der Waals surface area (Å²) in [5.41, 5.74) is 3.62. The van der Waals surface area contributed by atoms with Crippen molar-refractivity contribution >= 4 is 23.3 Å². The van der Waals surface area contributed by atoms with Gasteiger partial charge in [0.05, 0.1) is 6.61 Å². The lowest BCUT2D eigenvalue weighted by molar-refractivity contribution is -0.120. The van der Waals surface area contributed by atoms with Gasteiger partial charge in [-0.3, -0.25) is 9.59 Å². The number of piperidine rings is 1. The molecule has 1 amide bonds. The fourth-order valence-electron chi connectivity index (χ4n) is 3.05. The smallest absolute Gasteiger partial charge is 0.253 e. The first-order valence-corrected chi connectivity index (χ1v) is 8.65. The molecular formula is C20H20ClNO3. The second-order valence-electron chi connectivity index (χ2n) is 6.14. The molecule has 2 aromatic carbocycles. The molecule has 0 bridgehead atoms. The molecule has 0 radical (unpaired) electrons.